The first kappa shape index (κ1) is 46.8. The fourth-order valence-electron chi connectivity index (χ4n) is 13.2. The van der Waals surface area contributed by atoms with E-state index in [1.807, 2.05) is 42.5 Å². The minimum Gasteiger partial charge on any atom is -0.494 e. The summed E-state index contributed by atoms with van der Waals surface area (Å²) >= 11 is 13.0. The minimum atomic E-state index is -0.813. The molecule has 7 aliphatic rings. The number of hydrogen-bond acceptors (Lipinski definition) is 8. The van der Waals surface area contributed by atoms with Crippen molar-refractivity contribution in [3.05, 3.63) is 116 Å². The van der Waals surface area contributed by atoms with Crippen molar-refractivity contribution in [1.29, 1.82) is 0 Å². The van der Waals surface area contributed by atoms with Gasteiger partial charge in [0, 0.05) is 89.5 Å². The predicted octanol–water partition coefficient (Wildman–Crippen LogP) is 9.45. The molecule has 2 saturated carbocycles. The molecule has 3 saturated heterocycles. The van der Waals surface area contributed by atoms with E-state index in [1.54, 1.807) is 36.3 Å². The van der Waals surface area contributed by atoms with Crippen molar-refractivity contribution in [3.8, 4) is 17.6 Å². The normalized spacial score (nSPS) is 27.6. The number of halogens is 3. The van der Waals surface area contributed by atoms with Crippen LogP contribution in [0.5, 0.6) is 5.75 Å². The summed E-state index contributed by atoms with van der Waals surface area (Å²) < 4.78 is 22.3. The van der Waals surface area contributed by atoms with Gasteiger partial charge in [0.2, 0.25) is 17.7 Å². The first-order valence-electron chi connectivity index (χ1n) is 24.8. The summed E-state index contributed by atoms with van der Waals surface area (Å²) in [5, 5.41) is 13.5. The predicted molar refractivity (Wildman–Crippen MR) is 270 cm³/mol. The first-order valence-corrected chi connectivity index (χ1v) is 25.6. The first-order chi connectivity index (χ1) is 33.5. The van der Waals surface area contributed by atoms with Crippen LogP contribution in [0.2, 0.25) is 10.0 Å². The van der Waals surface area contributed by atoms with Crippen LogP contribution in [0.3, 0.4) is 0 Å². The van der Waals surface area contributed by atoms with Crippen LogP contribution >= 0.6 is 23.2 Å². The van der Waals surface area contributed by atoms with E-state index in [1.165, 1.54) is 12.8 Å². The van der Waals surface area contributed by atoms with E-state index in [0.717, 1.165) is 66.8 Å². The quantitative estimate of drug-likeness (QED) is 0.102. The molecule has 11 nitrogen and oxygen atoms in total. The molecule has 4 N–H and O–H groups in total. The Kier molecular flexibility index (Phi) is 11.8. The van der Waals surface area contributed by atoms with Crippen molar-refractivity contribution in [3.63, 3.8) is 0 Å². The van der Waals surface area contributed by atoms with Crippen LogP contribution in [0, 0.1) is 46.2 Å². The summed E-state index contributed by atoms with van der Waals surface area (Å²) in [4.78, 5) is 56.5. The molecule has 1 unspecified atom stereocenters. The number of benzene rings is 4. The van der Waals surface area contributed by atoms with Gasteiger partial charge in [0.1, 0.15) is 17.6 Å². The molecule has 4 aromatic rings. The summed E-state index contributed by atoms with van der Waals surface area (Å²) in [7, 11) is 1.62. The van der Waals surface area contributed by atoms with Gasteiger partial charge >= 0.3 is 0 Å². The van der Waals surface area contributed by atoms with Crippen LogP contribution in [0.25, 0.3) is 0 Å². The highest BCUT2D eigenvalue weighted by Gasteiger charge is 2.62. The molecule has 11 rings (SSSR count). The molecule has 5 aliphatic heterocycles. The number of fused-ring (bicyclic) bond motifs is 3. The molecule has 4 aromatic carbocycles. The van der Waals surface area contributed by atoms with Crippen molar-refractivity contribution in [2.75, 3.05) is 42.3 Å². The minimum absolute atomic E-state index is 0.0148. The van der Waals surface area contributed by atoms with Crippen LogP contribution in [-0.2, 0) is 26.3 Å². The molecule has 4 amide bonds. The van der Waals surface area contributed by atoms with E-state index in [4.69, 9.17) is 27.9 Å². The Hall–Kier alpha value is -5.61. The molecule has 2 spiro atoms. The molecule has 14 heteroatoms. The summed E-state index contributed by atoms with van der Waals surface area (Å²) in [5.41, 5.74) is 5.70. The van der Waals surface area contributed by atoms with Gasteiger partial charge in [-0.15, -0.1) is 0 Å². The van der Waals surface area contributed by atoms with Crippen molar-refractivity contribution in [1.82, 2.24) is 15.5 Å². The Bertz CT molecular complexity index is 2890. The molecule has 5 heterocycles. The van der Waals surface area contributed by atoms with Gasteiger partial charge in [-0.05, 0) is 127 Å². The molecule has 5 fully saturated rings. The van der Waals surface area contributed by atoms with E-state index in [9.17, 15) is 19.2 Å². The van der Waals surface area contributed by atoms with Crippen LogP contribution in [0.15, 0.2) is 72.8 Å². The van der Waals surface area contributed by atoms with Crippen molar-refractivity contribution in [2.45, 2.75) is 108 Å². The number of piperidine rings is 2. The number of amides is 4. The number of rotatable bonds is 8. The zero-order valence-corrected chi connectivity index (χ0v) is 41.5. The standard InChI is InChI=1S/C56H59Cl2FN6O5/c1-54(2,3)28-46-56(30-60-43-24-34(57)13-15-40(43)56)48(37-9-6-10-41(58)49(37)59)50(62-46)52(68)61-42-16-14-35(25-45(42)70-4)64-21-19-55(20-22-64)26-33(27-55)38-23-32(38)12-11-31-7-5-8-36-39(31)29-65(53(36)69)44-17-18-47(66)63-51(44)67/h5-10,13-16,24-25,32-33,38,44,46,48,50,60,62H,17-23,26-30H2,1-4H3,(H,61,68)(H,63,66,67)/t32-,38-,44?,46-,48-,50+,56-/m0/s1. The molecule has 364 valence electrons. The lowest BCUT2D eigenvalue weighted by molar-refractivity contribution is -0.137. The average Bonchev–Trinajstić information content (AvgIpc) is 3.73. The maximum Gasteiger partial charge on any atom is 0.255 e. The number of ether oxygens (including phenoxy) is 1. The van der Waals surface area contributed by atoms with E-state index in [2.05, 4.69) is 64.8 Å². The maximum atomic E-state index is 16.4. The Morgan fingerprint density at radius 2 is 1.79 bits per heavy atom. The molecular weight excluding hydrogens is 927 g/mol. The summed E-state index contributed by atoms with van der Waals surface area (Å²) in [6.45, 7) is 9.22. The third kappa shape index (κ3) is 8.19. The monoisotopic (exact) mass is 984 g/mol. The van der Waals surface area contributed by atoms with Crippen molar-refractivity contribution >= 4 is 63.9 Å². The van der Waals surface area contributed by atoms with Gasteiger partial charge in [0.25, 0.3) is 5.91 Å². The van der Waals surface area contributed by atoms with Gasteiger partial charge in [-0.1, -0.05) is 80.1 Å². The Labute approximate surface area is 418 Å². The number of carbonyl (C=O) groups is 4. The van der Waals surface area contributed by atoms with Crippen LogP contribution in [0.4, 0.5) is 21.5 Å². The molecule has 0 aromatic heterocycles. The van der Waals surface area contributed by atoms with Gasteiger partial charge in [-0.25, -0.2) is 4.39 Å². The topological polar surface area (TPSA) is 132 Å². The highest BCUT2D eigenvalue weighted by atomic mass is 35.5. The van der Waals surface area contributed by atoms with E-state index < -0.39 is 35.1 Å². The summed E-state index contributed by atoms with van der Waals surface area (Å²) in [5.74, 6) is 6.84. The van der Waals surface area contributed by atoms with Gasteiger partial charge in [0.05, 0.1) is 23.9 Å². The van der Waals surface area contributed by atoms with E-state index in [-0.39, 0.29) is 40.6 Å². The largest absolute Gasteiger partial charge is 0.494 e. The molecular formula is C56H59Cl2FN6O5. The number of nitrogens with one attached hydrogen (secondary N) is 4. The molecule has 2 aliphatic carbocycles. The third-order valence-corrected chi connectivity index (χ3v) is 17.3. The van der Waals surface area contributed by atoms with E-state index in [0.29, 0.717) is 70.3 Å². The van der Waals surface area contributed by atoms with Crippen molar-refractivity contribution in [2.24, 2.45) is 28.6 Å². The number of anilines is 3. The second-order valence-electron chi connectivity index (χ2n) is 22.2. The van der Waals surface area contributed by atoms with Crippen LogP contribution in [0.1, 0.15) is 111 Å². The highest BCUT2D eigenvalue weighted by Crippen LogP contribution is 2.62. The van der Waals surface area contributed by atoms with Gasteiger partial charge in [0.15, 0.2) is 0 Å². The Morgan fingerprint density at radius 3 is 2.54 bits per heavy atom. The Balaban J connectivity index is 0.739. The summed E-state index contributed by atoms with van der Waals surface area (Å²) in [6.07, 6.45) is 7.05. The van der Waals surface area contributed by atoms with Gasteiger partial charge in [-0.3, -0.25) is 24.5 Å². The number of nitrogens with zero attached hydrogens (tertiary/aromatic N) is 2. The van der Waals surface area contributed by atoms with Gasteiger partial charge < -0.3 is 30.5 Å². The summed E-state index contributed by atoms with van der Waals surface area (Å²) in [6, 6.07) is 20.8. The smallest absolute Gasteiger partial charge is 0.255 e. The third-order valence-electron chi connectivity index (χ3n) is 16.8. The zero-order chi connectivity index (χ0) is 48.9. The fraction of sp³-hybridized carbons (Fsp3) is 0.464. The molecule has 0 bridgehead atoms. The fourth-order valence-corrected chi connectivity index (χ4v) is 13.6. The maximum absolute atomic E-state index is 16.4. The molecule has 70 heavy (non-hydrogen) atoms. The number of hydrogen-bond donors (Lipinski definition) is 4. The SMILES string of the molecule is COc1cc(N2CCC3(CC2)CC([C@H]2C[C@@H]2C#Cc2cccc4c2CN(C2CCC(=O)NC2=O)C4=O)C3)ccc1NC(=O)[C@@H]1N[C@@H](CC(C)(C)C)[C@@]2(CNc3cc(Cl)ccc32)[C@H]1c1cccc(Cl)c1F. The second-order valence-corrected chi connectivity index (χ2v) is 23.0. The average molecular weight is 986 g/mol. The lowest BCUT2D eigenvalue weighted by Gasteiger charge is -2.53. The van der Waals surface area contributed by atoms with E-state index >= 15 is 4.39 Å². The van der Waals surface area contributed by atoms with Crippen LogP contribution < -0.4 is 30.9 Å². The zero-order valence-electron chi connectivity index (χ0n) is 40.0. The van der Waals surface area contributed by atoms with Crippen molar-refractivity contribution < 1.29 is 28.3 Å². The lowest BCUT2D eigenvalue weighted by atomic mass is 9.56. The lowest BCUT2D eigenvalue weighted by Crippen LogP contribution is -2.52. The highest BCUT2D eigenvalue weighted by molar-refractivity contribution is 6.31. The Morgan fingerprint density at radius 1 is 1.00 bits per heavy atom. The molecule has 0 radical (unpaired) electrons. The number of carbonyl (C=O) groups excluding carboxylic acids is 4. The number of methoxy groups -OCH3 is 1. The second kappa shape index (κ2) is 17.6. The number of imide groups is 1. The van der Waals surface area contributed by atoms with Crippen LogP contribution in [-0.4, -0.2) is 73.4 Å². The van der Waals surface area contributed by atoms with Gasteiger partial charge in [-0.2, -0.15) is 0 Å². The molecule has 7 atom stereocenters.